The molecule has 0 aromatic heterocycles. The third-order valence-corrected chi connectivity index (χ3v) is 2.34. The summed E-state index contributed by atoms with van der Waals surface area (Å²) in [4.78, 5) is 2.17. The molecule has 1 N–H and O–H groups in total. The molecule has 74 valence electrons. The fourth-order valence-electron chi connectivity index (χ4n) is 0.890. The van der Waals surface area contributed by atoms with Gasteiger partial charge in [-0.15, -0.1) is 11.6 Å². The Balaban J connectivity index is 3.00. The molecule has 0 saturated heterocycles. The average molecular weight is 193 g/mol. The van der Waals surface area contributed by atoms with E-state index in [9.17, 15) is 0 Å². The summed E-state index contributed by atoms with van der Waals surface area (Å²) in [7, 11) is 4.16. The van der Waals surface area contributed by atoms with Crippen molar-refractivity contribution in [3.05, 3.63) is 0 Å². The highest BCUT2D eigenvalue weighted by Crippen LogP contribution is 2.04. The van der Waals surface area contributed by atoms with Crippen molar-refractivity contribution in [3.63, 3.8) is 0 Å². The van der Waals surface area contributed by atoms with Gasteiger partial charge in [-0.1, -0.05) is 6.92 Å². The van der Waals surface area contributed by atoms with Gasteiger partial charge in [-0.3, -0.25) is 0 Å². The monoisotopic (exact) mass is 192 g/mol. The third-order valence-electron chi connectivity index (χ3n) is 1.81. The summed E-state index contributed by atoms with van der Waals surface area (Å²) >= 11 is 5.96. The Morgan fingerprint density at radius 1 is 1.33 bits per heavy atom. The molecule has 0 saturated carbocycles. The quantitative estimate of drug-likeness (QED) is 0.487. The second kappa shape index (κ2) is 7.84. The Morgan fingerprint density at radius 3 is 2.50 bits per heavy atom. The largest absolute Gasteiger partial charge is 0.315 e. The number of nitrogens with one attached hydrogen (secondary N) is 1. The van der Waals surface area contributed by atoms with Gasteiger partial charge in [0.1, 0.15) is 0 Å². The molecule has 0 rings (SSSR count). The van der Waals surface area contributed by atoms with Crippen LogP contribution in [0.2, 0.25) is 0 Å². The first-order chi connectivity index (χ1) is 5.66. The highest BCUT2D eigenvalue weighted by molar-refractivity contribution is 6.20. The first kappa shape index (κ1) is 12.2. The Labute approximate surface area is 81.3 Å². The molecule has 0 spiro atoms. The van der Waals surface area contributed by atoms with Crippen LogP contribution in [0.15, 0.2) is 0 Å². The maximum absolute atomic E-state index is 5.96. The topological polar surface area (TPSA) is 15.3 Å². The van der Waals surface area contributed by atoms with Gasteiger partial charge in [-0.25, -0.2) is 0 Å². The number of alkyl halides is 1. The molecule has 0 aliphatic carbocycles. The van der Waals surface area contributed by atoms with Crippen molar-refractivity contribution < 1.29 is 0 Å². The molecule has 3 heteroatoms. The van der Waals surface area contributed by atoms with Gasteiger partial charge in [0.2, 0.25) is 0 Å². The molecule has 0 aliphatic rings. The van der Waals surface area contributed by atoms with Gasteiger partial charge in [0.25, 0.3) is 0 Å². The van der Waals surface area contributed by atoms with Crippen LogP contribution in [0.4, 0.5) is 0 Å². The van der Waals surface area contributed by atoms with Crippen LogP contribution in [0, 0.1) is 0 Å². The van der Waals surface area contributed by atoms with Gasteiger partial charge in [-0.2, -0.15) is 0 Å². The molecule has 1 unspecified atom stereocenters. The third kappa shape index (κ3) is 8.31. The van der Waals surface area contributed by atoms with E-state index in [1.165, 1.54) is 0 Å². The molecule has 0 aromatic carbocycles. The summed E-state index contributed by atoms with van der Waals surface area (Å²) in [5.41, 5.74) is 0. The average Bonchev–Trinajstić information content (AvgIpc) is 2.03. The van der Waals surface area contributed by atoms with Crippen molar-refractivity contribution in [1.82, 2.24) is 10.2 Å². The van der Waals surface area contributed by atoms with E-state index in [0.29, 0.717) is 5.38 Å². The summed E-state index contributed by atoms with van der Waals surface area (Å²) in [5.74, 6) is 0. The standard InChI is InChI=1S/C9H21ClN2/c1-4-9(10)5-6-11-7-8-12(2)3/h9,11H,4-8H2,1-3H3. The molecule has 0 radical (unpaired) electrons. The van der Waals surface area contributed by atoms with E-state index in [1.807, 2.05) is 0 Å². The van der Waals surface area contributed by atoms with Crippen LogP contribution in [0.25, 0.3) is 0 Å². The lowest BCUT2D eigenvalue weighted by Gasteiger charge is -2.11. The summed E-state index contributed by atoms with van der Waals surface area (Å²) < 4.78 is 0. The van der Waals surface area contributed by atoms with Crippen LogP contribution in [0.1, 0.15) is 19.8 Å². The van der Waals surface area contributed by atoms with Gasteiger partial charge >= 0.3 is 0 Å². The van der Waals surface area contributed by atoms with E-state index in [1.54, 1.807) is 0 Å². The van der Waals surface area contributed by atoms with Crippen LogP contribution >= 0.6 is 11.6 Å². The molecule has 0 bridgehead atoms. The van der Waals surface area contributed by atoms with E-state index in [2.05, 4.69) is 31.2 Å². The number of nitrogens with zero attached hydrogens (tertiary/aromatic N) is 1. The van der Waals surface area contributed by atoms with Gasteiger partial charge in [0, 0.05) is 18.5 Å². The van der Waals surface area contributed by atoms with Crippen molar-refractivity contribution >= 4 is 11.6 Å². The summed E-state index contributed by atoms with van der Waals surface area (Å²) in [6.45, 7) is 5.31. The Bertz CT molecular complexity index is 96.5. The molecule has 0 amide bonds. The van der Waals surface area contributed by atoms with Gasteiger partial charge in [0.05, 0.1) is 0 Å². The van der Waals surface area contributed by atoms with Crippen molar-refractivity contribution in [1.29, 1.82) is 0 Å². The molecule has 0 fully saturated rings. The summed E-state index contributed by atoms with van der Waals surface area (Å²) in [6, 6.07) is 0. The van der Waals surface area contributed by atoms with Crippen molar-refractivity contribution in [3.8, 4) is 0 Å². The van der Waals surface area contributed by atoms with E-state index >= 15 is 0 Å². The van der Waals surface area contributed by atoms with Gasteiger partial charge < -0.3 is 10.2 Å². The first-order valence-electron chi connectivity index (χ1n) is 4.66. The predicted molar refractivity (Wildman–Crippen MR) is 56.0 cm³/mol. The molecule has 1 atom stereocenters. The van der Waals surface area contributed by atoms with E-state index in [0.717, 1.165) is 32.5 Å². The van der Waals surface area contributed by atoms with Crippen LogP contribution in [-0.2, 0) is 0 Å². The normalized spacial score (nSPS) is 13.8. The molecule has 12 heavy (non-hydrogen) atoms. The Kier molecular flexibility index (Phi) is 7.98. The lowest BCUT2D eigenvalue weighted by Crippen LogP contribution is -2.28. The van der Waals surface area contributed by atoms with Gasteiger partial charge in [0.15, 0.2) is 0 Å². The van der Waals surface area contributed by atoms with E-state index in [-0.39, 0.29) is 0 Å². The summed E-state index contributed by atoms with van der Waals surface area (Å²) in [5, 5.41) is 3.70. The van der Waals surface area contributed by atoms with Crippen molar-refractivity contribution in [2.45, 2.75) is 25.1 Å². The maximum Gasteiger partial charge on any atom is 0.0345 e. The minimum absolute atomic E-state index is 0.344. The zero-order chi connectivity index (χ0) is 9.40. The molecular formula is C9H21ClN2. The Hall–Kier alpha value is 0.210. The molecule has 2 nitrogen and oxygen atoms in total. The molecule has 0 heterocycles. The number of likely N-dealkylation sites (N-methyl/N-ethyl adjacent to an activating group) is 1. The van der Waals surface area contributed by atoms with Crippen LogP contribution < -0.4 is 5.32 Å². The lowest BCUT2D eigenvalue weighted by atomic mass is 10.2. The number of halogens is 1. The first-order valence-corrected chi connectivity index (χ1v) is 5.10. The smallest absolute Gasteiger partial charge is 0.0345 e. The fourth-order valence-corrected chi connectivity index (χ4v) is 1.000. The number of hydrogen-bond acceptors (Lipinski definition) is 2. The van der Waals surface area contributed by atoms with E-state index < -0.39 is 0 Å². The SMILES string of the molecule is CCC(Cl)CCNCCN(C)C. The van der Waals surface area contributed by atoms with Crippen molar-refractivity contribution in [2.24, 2.45) is 0 Å². The van der Waals surface area contributed by atoms with Crippen molar-refractivity contribution in [2.75, 3.05) is 33.7 Å². The van der Waals surface area contributed by atoms with Crippen LogP contribution in [0.3, 0.4) is 0 Å². The number of rotatable bonds is 7. The highest BCUT2D eigenvalue weighted by atomic mass is 35.5. The summed E-state index contributed by atoms with van der Waals surface area (Å²) in [6.07, 6.45) is 2.14. The zero-order valence-corrected chi connectivity index (χ0v) is 9.19. The minimum atomic E-state index is 0.344. The fraction of sp³-hybridized carbons (Fsp3) is 1.00. The number of hydrogen-bond donors (Lipinski definition) is 1. The van der Waals surface area contributed by atoms with E-state index in [4.69, 9.17) is 11.6 Å². The van der Waals surface area contributed by atoms with Crippen LogP contribution in [-0.4, -0.2) is 44.0 Å². The highest BCUT2D eigenvalue weighted by Gasteiger charge is 1.99. The van der Waals surface area contributed by atoms with Crippen LogP contribution in [0.5, 0.6) is 0 Å². The molecule has 0 aliphatic heterocycles. The second-order valence-corrected chi connectivity index (χ2v) is 3.96. The minimum Gasteiger partial charge on any atom is -0.315 e. The lowest BCUT2D eigenvalue weighted by molar-refractivity contribution is 0.399. The predicted octanol–water partition coefficient (Wildman–Crippen LogP) is 1.55. The maximum atomic E-state index is 5.96. The Morgan fingerprint density at radius 2 is 2.00 bits per heavy atom. The molecular weight excluding hydrogens is 172 g/mol. The molecule has 0 aromatic rings. The van der Waals surface area contributed by atoms with Gasteiger partial charge in [-0.05, 0) is 33.5 Å². The zero-order valence-electron chi connectivity index (χ0n) is 8.44. The second-order valence-electron chi connectivity index (χ2n) is 3.35.